The molecule has 28 heavy (non-hydrogen) atoms. The van der Waals surface area contributed by atoms with Crippen LogP contribution < -0.4 is 14.5 Å². The van der Waals surface area contributed by atoms with Crippen molar-refractivity contribution in [1.29, 1.82) is 5.26 Å². The molecule has 0 heterocycles. The molecule has 5 nitrogen and oxygen atoms in total. The molecule has 0 fully saturated rings. The van der Waals surface area contributed by atoms with E-state index in [9.17, 15) is 10.1 Å². The molecule has 0 aliphatic heterocycles. The van der Waals surface area contributed by atoms with Crippen LogP contribution in [0.2, 0.25) is 0 Å². The van der Waals surface area contributed by atoms with Gasteiger partial charge in [-0.25, -0.2) is 0 Å². The Balaban J connectivity index is 2.26. The summed E-state index contributed by atoms with van der Waals surface area (Å²) in [4.78, 5) is 13.1. The molecular weight excluding hydrogens is 368 g/mol. The SMILES string of the molecule is CCCSN(Cc1ccccc1)c1ccc(N(C=O)CCNCC)c(C#N)c1. The number of benzene rings is 2. The average Bonchev–Trinajstić information content (AvgIpc) is 2.74. The van der Waals surface area contributed by atoms with Crippen molar-refractivity contribution in [2.75, 3.05) is 34.6 Å². The van der Waals surface area contributed by atoms with Crippen LogP contribution in [0.15, 0.2) is 48.5 Å². The first-order valence-electron chi connectivity index (χ1n) is 9.64. The number of anilines is 2. The Morgan fingerprint density at radius 2 is 1.96 bits per heavy atom. The second-order valence-electron chi connectivity index (χ2n) is 6.32. The van der Waals surface area contributed by atoms with Crippen LogP contribution in [0.3, 0.4) is 0 Å². The number of rotatable bonds is 12. The van der Waals surface area contributed by atoms with E-state index in [2.05, 4.69) is 34.7 Å². The van der Waals surface area contributed by atoms with Gasteiger partial charge >= 0.3 is 0 Å². The minimum atomic E-state index is 0.510. The van der Waals surface area contributed by atoms with E-state index in [0.717, 1.165) is 37.4 Å². The number of carbonyl (C=O) groups is 1. The lowest BCUT2D eigenvalue weighted by Gasteiger charge is -2.25. The van der Waals surface area contributed by atoms with Crippen molar-refractivity contribution in [3.05, 3.63) is 59.7 Å². The van der Waals surface area contributed by atoms with Crippen LogP contribution in [0.5, 0.6) is 0 Å². The van der Waals surface area contributed by atoms with Crippen LogP contribution in [-0.4, -0.2) is 31.8 Å². The highest BCUT2D eigenvalue weighted by molar-refractivity contribution is 8.00. The summed E-state index contributed by atoms with van der Waals surface area (Å²) in [6.07, 6.45) is 1.86. The third kappa shape index (κ3) is 6.29. The summed E-state index contributed by atoms with van der Waals surface area (Å²) in [5, 5.41) is 12.9. The van der Waals surface area contributed by atoms with E-state index in [4.69, 9.17) is 0 Å². The molecule has 2 aromatic rings. The van der Waals surface area contributed by atoms with Crippen LogP contribution in [-0.2, 0) is 11.3 Å². The number of nitrogens with one attached hydrogen (secondary N) is 1. The Hall–Kier alpha value is -2.49. The van der Waals surface area contributed by atoms with Gasteiger partial charge in [0.25, 0.3) is 0 Å². The van der Waals surface area contributed by atoms with Gasteiger partial charge in [0.05, 0.1) is 17.8 Å². The van der Waals surface area contributed by atoms with Gasteiger partial charge in [0.15, 0.2) is 0 Å². The molecule has 0 aliphatic carbocycles. The zero-order valence-corrected chi connectivity index (χ0v) is 17.4. The van der Waals surface area contributed by atoms with Gasteiger partial charge in [0, 0.05) is 24.5 Å². The predicted octanol–water partition coefficient (Wildman–Crippen LogP) is 4.20. The summed E-state index contributed by atoms with van der Waals surface area (Å²) in [5.41, 5.74) is 3.35. The lowest BCUT2D eigenvalue weighted by Crippen LogP contribution is -2.31. The first-order valence-corrected chi connectivity index (χ1v) is 10.6. The van der Waals surface area contributed by atoms with E-state index in [-0.39, 0.29) is 0 Å². The molecule has 0 atom stereocenters. The lowest BCUT2D eigenvalue weighted by atomic mass is 10.1. The van der Waals surface area contributed by atoms with Crippen LogP contribution in [0, 0.1) is 11.3 Å². The molecule has 0 radical (unpaired) electrons. The van der Waals surface area contributed by atoms with E-state index < -0.39 is 0 Å². The van der Waals surface area contributed by atoms with Gasteiger partial charge in [0.2, 0.25) is 6.41 Å². The Bertz CT molecular complexity index is 776. The number of hydrogen-bond acceptors (Lipinski definition) is 5. The molecule has 2 rings (SSSR count). The van der Waals surface area contributed by atoms with Gasteiger partial charge in [-0.3, -0.25) is 4.79 Å². The van der Waals surface area contributed by atoms with Crippen molar-refractivity contribution < 1.29 is 4.79 Å². The smallest absolute Gasteiger partial charge is 0.214 e. The van der Waals surface area contributed by atoms with Crippen LogP contribution >= 0.6 is 11.9 Å². The van der Waals surface area contributed by atoms with E-state index in [1.54, 1.807) is 16.8 Å². The number of carbonyl (C=O) groups excluding carboxylic acids is 1. The van der Waals surface area contributed by atoms with E-state index in [0.29, 0.717) is 24.3 Å². The summed E-state index contributed by atoms with van der Waals surface area (Å²) in [6, 6.07) is 18.3. The van der Waals surface area contributed by atoms with E-state index in [1.807, 2.05) is 43.3 Å². The minimum absolute atomic E-state index is 0.510. The second kappa shape index (κ2) is 12.1. The Kier molecular flexibility index (Phi) is 9.40. The molecule has 0 aliphatic rings. The van der Waals surface area contributed by atoms with Crippen LogP contribution in [0.1, 0.15) is 31.4 Å². The molecule has 6 heteroatoms. The lowest BCUT2D eigenvalue weighted by molar-refractivity contribution is -0.107. The van der Waals surface area contributed by atoms with Crippen molar-refractivity contribution in [3.63, 3.8) is 0 Å². The highest BCUT2D eigenvalue weighted by atomic mass is 32.2. The molecule has 0 aromatic heterocycles. The predicted molar refractivity (Wildman–Crippen MR) is 118 cm³/mol. The zero-order valence-electron chi connectivity index (χ0n) is 16.6. The molecule has 1 amide bonds. The quantitative estimate of drug-likeness (QED) is 0.331. The molecule has 2 aromatic carbocycles. The normalized spacial score (nSPS) is 10.3. The van der Waals surface area contributed by atoms with E-state index >= 15 is 0 Å². The second-order valence-corrected chi connectivity index (χ2v) is 7.43. The molecule has 0 saturated carbocycles. The highest BCUT2D eigenvalue weighted by Gasteiger charge is 2.15. The maximum atomic E-state index is 11.5. The van der Waals surface area contributed by atoms with Crippen molar-refractivity contribution in [1.82, 2.24) is 5.32 Å². The number of nitriles is 1. The van der Waals surface area contributed by atoms with Crippen molar-refractivity contribution in [3.8, 4) is 6.07 Å². The van der Waals surface area contributed by atoms with Gasteiger partial charge in [-0.2, -0.15) is 5.26 Å². The molecule has 0 spiro atoms. The monoisotopic (exact) mass is 396 g/mol. The summed E-state index contributed by atoms with van der Waals surface area (Å²) in [5.74, 6) is 1.000. The number of likely N-dealkylation sites (N-methyl/N-ethyl adjacent to an activating group) is 1. The largest absolute Gasteiger partial charge is 0.315 e. The third-order valence-electron chi connectivity index (χ3n) is 4.22. The van der Waals surface area contributed by atoms with Crippen LogP contribution in [0.4, 0.5) is 11.4 Å². The summed E-state index contributed by atoms with van der Waals surface area (Å²) >= 11 is 1.76. The Labute approximate surface area is 172 Å². The fourth-order valence-corrected chi connectivity index (χ4v) is 3.69. The van der Waals surface area contributed by atoms with Gasteiger partial charge < -0.3 is 14.5 Å². The van der Waals surface area contributed by atoms with Gasteiger partial charge in [-0.15, -0.1) is 0 Å². The number of nitrogens with zero attached hydrogens (tertiary/aromatic N) is 3. The molecule has 148 valence electrons. The van der Waals surface area contributed by atoms with Gasteiger partial charge in [-0.1, -0.05) is 44.2 Å². The molecule has 0 unspecified atom stereocenters. The Morgan fingerprint density at radius 3 is 2.61 bits per heavy atom. The topological polar surface area (TPSA) is 59.4 Å². The first kappa shape index (κ1) is 21.8. The van der Waals surface area contributed by atoms with Crippen LogP contribution in [0.25, 0.3) is 0 Å². The third-order valence-corrected chi connectivity index (χ3v) is 5.47. The molecule has 0 saturated heterocycles. The fraction of sp³-hybridized carbons (Fsp3) is 0.364. The molecular formula is C22H28N4OS. The standard InChI is InChI=1S/C22H28N4OS/c1-3-14-28-26(17-19-8-6-5-7-9-19)21-10-11-22(20(15-21)16-23)25(18-27)13-12-24-4-2/h5-11,15,18,24H,3-4,12-14,17H2,1-2H3. The minimum Gasteiger partial charge on any atom is -0.315 e. The number of hydrogen-bond donors (Lipinski definition) is 1. The summed E-state index contributed by atoms with van der Waals surface area (Å²) in [6.45, 7) is 7.01. The average molecular weight is 397 g/mol. The summed E-state index contributed by atoms with van der Waals surface area (Å²) in [7, 11) is 0. The summed E-state index contributed by atoms with van der Waals surface area (Å²) < 4.78 is 2.22. The molecule has 1 N–H and O–H groups in total. The number of amides is 1. The maximum Gasteiger partial charge on any atom is 0.214 e. The van der Waals surface area contributed by atoms with Gasteiger partial charge in [0.1, 0.15) is 6.07 Å². The maximum absolute atomic E-state index is 11.5. The highest BCUT2D eigenvalue weighted by Crippen LogP contribution is 2.30. The van der Waals surface area contributed by atoms with Gasteiger partial charge in [-0.05, 0) is 48.7 Å². The van der Waals surface area contributed by atoms with E-state index in [1.165, 1.54) is 5.56 Å². The fourth-order valence-electron chi connectivity index (χ4n) is 2.79. The van der Waals surface area contributed by atoms with Crippen molar-refractivity contribution in [2.24, 2.45) is 0 Å². The Morgan fingerprint density at radius 1 is 1.18 bits per heavy atom. The first-order chi connectivity index (χ1) is 13.7. The van der Waals surface area contributed by atoms with Crippen molar-refractivity contribution in [2.45, 2.75) is 26.8 Å². The zero-order chi connectivity index (χ0) is 20.2. The molecule has 0 bridgehead atoms. The van der Waals surface area contributed by atoms with Crippen molar-refractivity contribution >= 4 is 29.7 Å².